The molecule has 0 unspecified atom stereocenters. The van der Waals surface area contributed by atoms with E-state index in [1.165, 1.54) is 16.1 Å². The van der Waals surface area contributed by atoms with E-state index in [2.05, 4.69) is 38.1 Å². The maximum atomic E-state index is 5.81. The van der Waals surface area contributed by atoms with Gasteiger partial charge in [-0.25, -0.2) is 4.98 Å². The van der Waals surface area contributed by atoms with Crippen LogP contribution in [0, 0.1) is 0 Å². The Kier molecular flexibility index (Phi) is 2.53. The number of aromatic nitrogens is 1. The minimum absolute atomic E-state index is 0.182. The molecule has 2 nitrogen and oxygen atoms in total. The van der Waals surface area contributed by atoms with Crippen LogP contribution in [0.3, 0.4) is 0 Å². The lowest BCUT2D eigenvalue weighted by atomic mass is 10.0. The zero-order chi connectivity index (χ0) is 11.9. The lowest BCUT2D eigenvalue weighted by Crippen LogP contribution is -2.27. The van der Waals surface area contributed by atoms with E-state index in [0.29, 0.717) is 0 Å². The molecule has 0 radical (unpaired) electrons. The first-order valence-corrected chi connectivity index (χ1v) is 6.68. The molecule has 3 rings (SSSR count). The quantitative estimate of drug-likeness (QED) is 0.765. The Hall–Kier alpha value is -1.19. The van der Waals surface area contributed by atoms with Gasteiger partial charge >= 0.3 is 0 Å². The summed E-state index contributed by atoms with van der Waals surface area (Å²) in [5.74, 6) is 0. The average molecular weight is 245 g/mol. The Bertz CT molecular complexity index is 530. The van der Waals surface area contributed by atoms with Gasteiger partial charge in [0.15, 0.2) is 0 Å². The molecule has 0 bridgehead atoms. The highest BCUT2D eigenvalue weighted by molar-refractivity contribution is 7.15. The molecule has 1 aromatic heterocycles. The summed E-state index contributed by atoms with van der Waals surface area (Å²) in [5.41, 5.74) is 2.23. The van der Waals surface area contributed by atoms with Crippen LogP contribution in [-0.2, 0) is 16.8 Å². The van der Waals surface area contributed by atoms with E-state index in [0.717, 1.165) is 18.0 Å². The summed E-state index contributed by atoms with van der Waals surface area (Å²) in [7, 11) is 0. The minimum Gasteiger partial charge on any atom is -0.370 e. The normalized spacial score (nSPS) is 17.8. The fourth-order valence-corrected chi connectivity index (χ4v) is 3.34. The van der Waals surface area contributed by atoms with Crippen LogP contribution >= 0.6 is 11.3 Å². The van der Waals surface area contributed by atoms with Crippen molar-refractivity contribution >= 4 is 11.3 Å². The van der Waals surface area contributed by atoms with Crippen molar-refractivity contribution in [2.24, 2.45) is 0 Å². The molecule has 3 heteroatoms. The van der Waals surface area contributed by atoms with Crippen LogP contribution in [0.15, 0.2) is 30.3 Å². The first-order valence-electron chi connectivity index (χ1n) is 5.86. The predicted octanol–water partition coefficient (Wildman–Crippen LogP) is 3.62. The lowest BCUT2D eigenvalue weighted by molar-refractivity contribution is -0.0290. The van der Waals surface area contributed by atoms with Crippen molar-refractivity contribution in [3.63, 3.8) is 0 Å². The van der Waals surface area contributed by atoms with Gasteiger partial charge in [-0.05, 0) is 13.8 Å². The second kappa shape index (κ2) is 3.93. The summed E-state index contributed by atoms with van der Waals surface area (Å²) in [6.07, 6.45) is 0.933. The molecule has 0 saturated heterocycles. The molecular weight excluding hydrogens is 230 g/mol. The lowest BCUT2D eigenvalue weighted by Gasteiger charge is -2.28. The third-order valence-corrected chi connectivity index (χ3v) is 4.52. The van der Waals surface area contributed by atoms with Crippen molar-refractivity contribution < 1.29 is 4.74 Å². The summed E-state index contributed by atoms with van der Waals surface area (Å²) < 4.78 is 5.81. The number of rotatable bonds is 1. The SMILES string of the molecule is CC1(C)OCCc2nc(-c3ccccc3)sc21. The van der Waals surface area contributed by atoms with Gasteiger partial charge in [0.25, 0.3) is 0 Å². The molecule has 0 atom stereocenters. The minimum atomic E-state index is -0.182. The van der Waals surface area contributed by atoms with Crippen molar-refractivity contribution in [1.82, 2.24) is 4.98 Å². The number of nitrogens with zero attached hydrogens (tertiary/aromatic N) is 1. The van der Waals surface area contributed by atoms with Crippen molar-refractivity contribution in [3.8, 4) is 10.6 Å². The molecule has 0 N–H and O–H groups in total. The van der Waals surface area contributed by atoms with Crippen LogP contribution in [0.4, 0.5) is 0 Å². The number of ether oxygens (including phenoxy) is 1. The molecule has 0 fully saturated rings. The fraction of sp³-hybridized carbons (Fsp3) is 0.357. The summed E-state index contributed by atoms with van der Waals surface area (Å²) in [4.78, 5) is 6.04. The smallest absolute Gasteiger partial charge is 0.123 e. The highest BCUT2D eigenvalue weighted by Gasteiger charge is 2.32. The number of hydrogen-bond acceptors (Lipinski definition) is 3. The van der Waals surface area contributed by atoms with Gasteiger partial charge in [-0.15, -0.1) is 11.3 Å². The van der Waals surface area contributed by atoms with Gasteiger partial charge in [-0.1, -0.05) is 30.3 Å². The molecule has 1 aliphatic heterocycles. The molecule has 1 aliphatic rings. The molecule has 2 aromatic rings. The van der Waals surface area contributed by atoms with Crippen molar-refractivity contribution in [1.29, 1.82) is 0 Å². The summed E-state index contributed by atoms with van der Waals surface area (Å²) >= 11 is 1.76. The van der Waals surface area contributed by atoms with Gasteiger partial charge in [0.1, 0.15) is 5.01 Å². The summed E-state index contributed by atoms with van der Waals surface area (Å²) in [6.45, 7) is 5.02. The van der Waals surface area contributed by atoms with Crippen molar-refractivity contribution in [3.05, 3.63) is 40.9 Å². The third kappa shape index (κ3) is 1.90. The van der Waals surface area contributed by atoms with E-state index in [4.69, 9.17) is 9.72 Å². The van der Waals surface area contributed by atoms with Crippen LogP contribution in [0.25, 0.3) is 10.6 Å². The molecule has 0 spiro atoms. The monoisotopic (exact) mass is 245 g/mol. The number of hydrogen-bond donors (Lipinski definition) is 0. The largest absolute Gasteiger partial charge is 0.370 e. The van der Waals surface area contributed by atoms with Crippen LogP contribution in [0.5, 0.6) is 0 Å². The maximum Gasteiger partial charge on any atom is 0.123 e. The van der Waals surface area contributed by atoms with E-state index < -0.39 is 0 Å². The molecular formula is C14H15NOS. The highest BCUT2D eigenvalue weighted by atomic mass is 32.1. The van der Waals surface area contributed by atoms with Crippen LogP contribution < -0.4 is 0 Å². The van der Waals surface area contributed by atoms with Crippen LogP contribution in [0.1, 0.15) is 24.4 Å². The average Bonchev–Trinajstić information content (AvgIpc) is 2.75. The van der Waals surface area contributed by atoms with Crippen molar-refractivity contribution in [2.45, 2.75) is 25.9 Å². The van der Waals surface area contributed by atoms with Gasteiger partial charge in [0.05, 0.1) is 22.8 Å². The Labute approximate surface area is 105 Å². The molecule has 0 aliphatic carbocycles. The molecule has 88 valence electrons. The van der Waals surface area contributed by atoms with Gasteiger partial charge in [-0.3, -0.25) is 0 Å². The highest BCUT2D eigenvalue weighted by Crippen LogP contribution is 2.39. The van der Waals surface area contributed by atoms with E-state index in [1.54, 1.807) is 11.3 Å². The third-order valence-electron chi connectivity index (χ3n) is 3.07. The van der Waals surface area contributed by atoms with E-state index in [9.17, 15) is 0 Å². The molecule has 17 heavy (non-hydrogen) atoms. The standard InChI is InChI=1S/C14H15NOS/c1-14(2)12-11(8-9-16-14)15-13(17-12)10-6-4-3-5-7-10/h3-7H,8-9H2,1-2H3. The number of benzene rings is 1. The Morgan fingerprint density at radius 3 is 2.71 bits per heavy atom. The zero-order valence-corrected chi connectivity index (χ0v) is 10.9. The molecule has 1 aromatic carbocycles. The van der Waals surface area contributed by atoms with E-state index >= 15 is 0 Å². The van der Waals surface area contributed by atoms with Crippen molar-refractivity contribution in [2.75, 3.05) is 6.61 Å². The van der Waals surface area contributed by atoms with Gasteiger partial charge in [-0.2, -0.15) is 0 Å². The zero-order valence-electron chi connectivity index (χ0n) is 10.1. The first-order chi connectivity index (χ1) is 8.17. The van der Waals surface area contributed by atoms with Gasteiger partial charge in [0.2, 0.25) is 0 Å². The van der Waals surface area contributed by atoms with Gasteiger partial charge < -0.3 is 4.74 Å². The summed E-state index contributed by atoms with van der Waals surface area (Å²) in [5, 5.41) is 1.11. The van der Waals surface area contributed by atoms with E-state index in [1.807, 2.05) is 6.07 Å². The topological polar surface area (TPSA) is 22.1 Å². The van der Waals surface area contributed by atoms with Gasteiger partial charge in [0, 0.05) is 12.0 Å². The molecule has 2 heterocycles. The van der Waals surface area contributed by atoms with Crippen LogP contribution in [-0.4, -0.2) is 11.6 Å². The molecule has 0 saturated carbocycles. The van der Waals surface area contributed by atoms with E-state index in [-0.39, 0.29) is 5.60 Å². The fourth-order valence-electron chi connectivity index (χ4n) is 2.16. The number of fused-ring (bicyclic) bond motifs is 1. The number of thiazole rings is 1. The van der Waals surface area contributed by atoms with Crippen LogP contribution in [0.2, 0.25) is 0 Å². The Morgan fingerprint density at radius 1 is 1.24 bits per heavy atom. The molecule has 0 amide bonds. The Morgan fingerprint density at radius 2 is 2.00 bits per heavy atom. The summed E-state index contributed by atoms with van der Waals surface area (Å²) in [6, 6.07) is 10.4. The second-order valence-corrected chi connectivity index (χ2v) is 5.77. The predicted molar refractivity (Wildman–Crippen MR) is 70.2 cm³/mol. The maximum absolute atomic E-state index is 5.81. The Balaban J connectivity index is 2.08. The second-order valence-electron chi connectivity index (χ2n) is 4.77. The first kappa shape index (κ1) is 10.9.